The van der Waals surface area contributed by atoms with Crippen molar-refractivity contribution in [2.45, 2.75) is 19.3 Å². The van der Waals surface area contributed by atoms with Gasteiger partial charge in [-0.2, -0.15) is 0 Å². The van der Waals surface area contributed by atoms with Crippen molar-refractivity contribution in [3.05, 3.63) is 39.8 Å². The molecule has 1 aromatic heterocycles. The van der Waals surface area contributed by atoms with E-state index in [0.29, 0.717) is 22.1 Å². The second-order valence-electron chi connectivity index (χ2n) is 5.87. The lowest BCUT2D eigenvalue weighted by Gasteiger charge is -2.14. The number of ether oxygens (including phenoxy) is 2. The Morgan fingerprint density at radius 3 is 2.41 bits per heavy atom. The lowest BCUT2D eigenvalue weighted by atomic mass is 10.1. The Balaban J connectivity index is 1.80. The van der Waals surface area contributed by atoms with Crippen molar-refractivity contribution in [2.75, 3.05) is 19.5 Å². The number of aryl methyl sites for hydroxylation is 1. The van der Waals surface area contributed by atoms with E-state index in [-0.39, 0.29) is 10.7 Å². The van der Waals surface area contributed by atoms with E-state index in [2.05, 4.69) is 10.6 Å². The highest BCUT2D eigenvalue weighted by Gasteiger charge is 2.26. The number of anilines is 1. The number of hydrogen-bond acceptors (Lipinski definition) is 6. The van der Waals surface area contributed by atoms with Crippen LogP contribution in [0.2, 0.25) is 0 Å². The second kappa shape index (κ2) is 7.93. The van der Waals surface area contributed by atoms with Gasteiger partial charge in [0, 0.05) is 4.88 Å². The second-order valence-corrected chi connectivity index (χ2v) is 7.38. The van der Waals surface area contributed by atoms with Gasteiger partial charge in [-0.3, -0.25) is 14.9 Å². The highest BCUT2D eigenvalue weighted by atomic mass is 32.1. The standard InChI is InChI=1S/C18H19N3O4S2/c1-24-10-6-4-7-11(25-2)14(10)16(23)20-18(26)21-17-13(15(19)22)9-5-3-8-12(9)27-17/h4,6-7H,3,5,8H2,1-2H3,(H2,19,22)(H2,20,21,23,26). The fraction of sp³-hybridized carbons (Fsp3) is 0.278. The molecule has 0 radical (unpaired) electrons. The average molecular weight is 406 g/mol. The maximum Gasteiger partial charge on any atom is 0.264 e. The molecule has 142 valence electrons. The van der Waals surface area contributed by atoms with Gasteiger partial charge in [-0.05, 0) is 49.2 Å². The minimum atomic E-state index is -0.502. The summed E-state index contributed by atoms with van der Waals surface area (Å²) in [5, 5.41) is 6.16. The van der Waals surface area contributed by atoms with Crippen LogP contribution in [0.1, 0.15) is 37.6 Å². The van der Waals surface area contributed by atoms with Crippen molar-refractivity contribution < 1.29 is 19.1 Å². The Hall–Kier alpha value is -2.65. The Kier molecular flexibility index (Phi) is 5.62. The Bertz CT molecular complexity index is 901. The topological polar surface area (TPSA) is 103 Å². The number of thiocarbonyl (C=S) groups is 1. The molecule has 7 nitrogen and oxygen atoms in total. The fourth-order valence-corrected chi connectivity index (χ4v) is 4.69. The maximum atomic E-state index is 12.7. The molecular formula is C18H19N3O4S2. The number of carbonyl (C=O) groups is 2. The summed E-state index contributed by atoms with van der Waals surface area (Å²) in [7, 11) is 2.93. The van der Waals surface area contributed by atoms with Crippen molar-refractivity contribution in [1.29, 1.82) is 0 Å². The zero-order valence-corrected chi connectivity index (χ0v) is 16.5. The summed E-state index contributed by atoms with van der Waals surface area (Å²) in [6, 6.07) is 5.03. The molecule has 27 heavy (non-hydrogen) atoms. The number of primary amides is 1. The van der Waals surface area contributed by atoms with Gasteiger partial charge in [0.15, 0.2) is 5.11 Å². The van der Waals surface area contributed by atoms with E-state index < -0.39 is 11.8 Å². The number of rotatable bonds is 5. The van der Waals surface area contributed by atoms with Gasteiger partial charge in [-0.15, -0.1) is 11.3 Å². The molecule has 1 aliphatic rings. The molecule has 3 rings (SSSR count). The molecule has 2 amide bonds. The normalized spacial score (nSPS) is 12.2. The third-order valence-electron chi connectivity index (χ3n) is 4.28. The minimum Gasteiger partial charge on any atom is -0.496 e. The van der Waals surface area contributed by atoms with Gasteiger partial charge in [0.05, 0.1) is 19.8 Å². The molecule has 0 fully saturated rings. The molecular weight excluding hydrogens is 386 g/mol. The van der Waals surface area contributed by atoms with Crippen LogP contribution in [-0.2, 0) is 12.8 Å². The van der Waals surface area contributed by atoms with Crippen LogP contribution >= 0.6 is 23.6 Å². The van der Waals surface area contributed by atoms with Gasteiger partial charge >= 0.3 is 0 Å². The third-order valence-corrected chi connectivity index (χ3v) is 5.69. The SMILES string of the molecule is COc1cccc(OC)c1C(=O)NC(=S)Nc1sc2c(c1C(N)=O)CCC2. The van der Waals surface area contributed by atoms with E-state index >= 15 is 0 Å². The lowest BCUT2D eigenvalue weighted by Crippen LogP contribution is -2.35. The average Bonchev–Trinajstić information content (AvgIpc) is 3.20. The van der Waals surface area contributed by atoms with Gasteiger partial charge in [-0.25, -0.2) is 0 Å². The molecule has 4 N–H and O–H groups in total. The molecule has 1 aliphatic carbocycles. The summed E-state index contributed by atoms with van der Waals surface area (Å²) in [5.74, 6) is -0.255. The zero-order valence-electron chi connectivity index (χ0n) is 14.9. The minimum absolute atomic E-state index is 0.0652. The molecule has 0 spiro atoms. The first kappa shape index (κ1) is 19.1. The molecule has 0 bridgehead atoms. The van der Waals surface area contributed by atoms with E-state index in [1.165, 1.54) is 25.6 Å². The molecule has 0 saturated heterocycles. The lowest BCUT2D eigenvalue weighted by molar-refractivity contribution is 0.0969. The number of amides is 2. The highest BCUT2D eigenvalue weighted by molar-refractivity contribution is 7.80. The number of fused-ring (bicyclic) bond motifs is 1. The molecule has 0 unspecified atom stereocenters. The number of carbonyl (C=O) groups excluding carboxylic acids is 2. The molecule has 9 heteroatoms. The van der Waals surface area contributed by atoms with Crippen LogP contribution in [0.3, 0.4) is 0 Å². The molecule has 0 aliphatic heterocycles. The third kappa shape index (κ3) is 3.74. The number of benzene rings is 1. The van der Waals surface area contributed by atoms with Crippen molar-refractivity contribution >= 4 is 45.5 Å². The molecule has 2 aromatic rings. The van der Waals surface area contributed by atoms with Crippen LogP contribution in [0.4, 0.5) is 5.00 Å². The summed E-state index contributed by atoms with van der Waals surface area (Å²) < 4.78 is 10.5. The van der Waals surface area contributed by atoms with E-state index in [9.17, 15) is 9.59 Å². The summed E-state index contributed by atoms with van der Waals surface area (Å²) in [6.45, 7) is 0. The smallest absolute Gasteiger partial charge is 0.264 e. The largest absolute Gasteiger partial charge is 0.496 e. The van der Waals surface area contributed by atoms with Crippen LogP contribution < -0.4 is 25.8 Å². The van der Waals surface area contributed by atoms with Crippen molar-refractivity contribution in [3.8, 4) is 11.5 Å². The van der Waals surface area contributed by atoms with Crippen molar-refractivity contribution in [2.24, 2.45) is 5.73 Å². The summed E-state index contributed by atoms with van der Waals surface area (Å²) in [6.07, 6.45) is 2.75. The van der Waals surface area contributed by atoms with Gasteiger partial charge in [-0.1, -0.05) is 6.07 Å². The van der Waals surface area contributed by atoms with E-state index in [4.69, 9.17) is 27.4 Å². The number of thiophene rings is 1. The maximum absolute atomic E-state index is 12.7. The first-order valence-electron chi connectivity index (χ1n) is 8.24. The van der Waals surface area contributed by atoms with Gasteiger partial charge in [0.2, 0.25) is 0 Å². The molecule has 0 atom stereocenters. The zero-order chi connectivity index (χ0) is 19.6. The van der Waals surface area contributed by atoms with Crippen LogP contribution in [0, 0.1) is 0 Å². The summed E-state index contributed by atoms with van der Waals surface area (Å²) in [4.78, 5) is 25.7. The van der Waals surface area contributed by atoms with Crippen LogP contribution in [-0.4, -0.2) is 31.1 Å². The van der Waals surface area contributed by atoms with Gasteiger partial charge < -0.3 is 20.5 Å². The number of nitrogens with two attached hydrogens (primary N) is 1. The quantitative estimate of drug-likeness (QED) is 0.661. The predicted molar refractivity (Wildman–Crippen MR) is 108 cm³/mol. The predicted octanol–water partition coefficient (Wildman–Crippen LogP) is 2.48. The van der Waals surface area contributed by atoms with Gasteiger partial charge in [0.25, 0.3) is 11.8 Å². The van der Waals surface area contributed by atoms with Crippen LogP contribution in [0.25, 0.3) is 0 Å². The monoisotopic (exact) mass is 405 g/mol. The molecule has 0 saturated carbocycles. The first-order chi connectivity index (χ1) is 13.0. The summed E-state index contributed by atoms with van der Waals surface area (Å²) in [5.41, 5.74) is 7.21. The molecule has 1 aromatic carbocycles. The number of methoxy groups -OCH3 is 2. The van der Waals surface area contributed by atoms with Crippen molar-refractivity contribution in [3.63, 3.8) is 0 Å². The van der Waals surface area contributed by atoms with Gasteiger partial charge in [0.1, 0.15) is 22.1 Å². The van der Waals surface area contributed by atoms with E-state index in [0.717, 1.165) is 29.7 Å². The Morgan fingerprint density at radius 1 is 1.15 bits per heavy atom. The van der Waals surface area contributed by atoms with E-state index in [1.807, 2.05) is 0 Å². The molecule has 1 heterocycles. The highest BCUT2D eigenvalue weighted by Crippen LogP contribution is 2.38. The number of hydrogen-bond donors (Lipinski definition) is 3. The van der Waals surface area contributed by atoms with Crippen molar-refractivity contribution in [1.82, 2.24) is 5.32 Å². The summed E-state index contributed by atoms with van der Waals surface area (Å²) >= 11 is 6.70. The fourth-order valence-electron chi connectivity index (χ4n) is 3.13. The Labute approximate surface area is 165 Å². The van der Waals surface area contributed by atoms with Crippen LogP contribution in [0.15, 0.2) is 18.2 Å². The number of nitrogens with one attached hydrogen (secondary N) is 2. The first-order valence-corrected chi connectivity index (χ1v) is 9.46. The van der Waals surface area contributed by atoms with Crippen LogP contribution in [0.5, 0.6) is 11.5 Å². The van der Waals surface area contributed by atoms with E-state index in [1.54, 1.807) is 18.2 Å². The Morgan fingerprint density at radius 2 is 1.81 bits per heavy atom.